The Morgan fingerprint density at radius 3 is 2.83 bits per heavy atom. The van der Waals surface area contributed by atoms with Gasteiger partial charge in [-0.1, -0.05) is 6.07 Å². The lowest BCUT2D eigenvalue weighted by Crippen LogP contribution is -2.45. The molecule has 0 radical (unpaired) electrons. The third-order valence-corrected chi connectivity index (χ3v) is 5.05. The van der Waals surface area contributed by atoms with Gasteiger partial charge in [0.05, 0.1) is 18.1 Å². The lowest BCUT2D eigenvalue weighted by atomic mass is 10.0. The maximum Gasteiger partial charge on any atom is 0.209 e. The van der Waals surface area contributed by atoms with Gasteiger partial charge in [-0.15, -0.1) is 0 Å². The van der Waals surface area contributed by atoms with Crippen LogP contribution in [0.2, 0.25) is 0 Å². The van der Waals surface area contributed by atoms with Gasteiger partial charge in [0.25, 0.3) is 0 Å². The van der Waals surface area contributed by atoms with Crippen molar-refractivity contribution < 1.29 is 8.42 Å². The molecule has 1 aliphatic rings. The zero-order chi connectivity index (χ0) is 17.2. The number of hydrogen-bond donors (Lipinski definition) is 1. The molecule has 0 spiro atoms. The lowest BCUT2D eigenvalue weighted by molar-refractivity contribution is 0.228. The SMILES string of the molecule is Cn1cc(C[C@@H]2[C@@H](NS(C)(=O)=O)CCN2Cc2ccccn2)cn1. The zero-order valence-electron chi connectivity index (χ0n) is 14.0. The maximum absolute atomic E-state index is 11.7. The molecule has 24 heavy (non-hydrogen) atoms. The van der Waals surface area contributed by atoms with Gasteiger partial charge in [-0.3, -0.25) is 14.6 Å². The molecule has 0 bridgehead atoms. The highest BCUT2D eigenvalue weighted by Gasteiger charge is 2.36. The second-order valence-corrected chi connectivity index (χ2v) is 8.15. The molecule has 2 atom stereocenters. The molecule has 3 heterocycles. The minimum atomic E-state index is -3.24. The van der Waals surface area contributed by atoms with Crippen molar-refractivity contribution in [2.75, 3.05) is 12.8 Å². The number of aryl methyl sites for hydroxylation is 1. The van der Waals surface area contributed by atoms with Crippen LogP contribution in [0.5, 0.6) is 0 Å². The van der Waals surface area contributed by atoms with Gasteiger partial charge in [0, 0.05) is 44.6 Å². The minimum Gasteiger partial charge on any atom is -0.293 e. The number of rotatable bonds is 6. The van der Waals surface area contributed by atoms with Crippen molar-refractivity contribution in [1.82, 2.24) is 24.4 Å². The summed E-state index contributed by atoms with van der Waals surface area (Å²) in [4.78, 5) is 6.69. The van der Waals surface area contributed by atoms with Crippen molar-refractivity contribution in [3.05, 3.63) is 48.0 Å². The Morgan fingerprint density at radius 2 is 2.21 bits per heavy atom. The average molecular weight is 349 g/mol. The first-order valence-corrected chi connectivity index (χ1v) is 9.88. The van der Waals surface area contributed by atoms with Crippen molar-refractivity contribution in [3.8, 4) is 0 Å². The summed E-state index contributed by atoms with van der Waals surface area (Å²) in [6.07, 6.45) is 8.38. The molecule has 1 saturated heterocycles. The molecule has 2 aromatic rings. The largest absolute Gasteiger partial charge is 0.293 e. The number of nitrogens with zero attached hydrogens (tertiary/aromatic N) is 4. The monoisotopic (exact) mass is 349 g/mol. The normalized spacial score (nSPS) is 22.1. The molecule has 1 aliphatic heterocycles. The quantitative estimate of drug-likeness (QED) is 0.824. The summed E-state index contributed by atoms with van der Waals surface area (Å²) in [5.74, 6) is 0. The summed E-state index contributed by atoms with van der Waals surface area (Å²) in [5.41, 5.74) is 2.10. The van der Waals surface area contributed by atoms with Crippen LogP contribution in [-0.2, 0) is 30.0 Å². The van der Waals surface area contributed by atoms with E-state index < -0.39 is 10.0 Å². The van der Waals surface area contributed by atoms with E-state index in [0.29, 0.717) is 6.54 Å². The van der Waals surface area contributed by atoms with E-state index in [1.807, 2.05) is 37.6 Å². The summed E-state index contributed by atoms with van der Waals surface area (Å²) in [7, 11) is -1.35. The van der Waals surface area contributed by atoms with Crippen LogP contribution < -0.4 is 4.72 Å². The first kappa shape index (κ1) is 17.1. The number of hydrogen-bond acceptors (Lipinski definition) is 5. The van der Waals surface area contributed by atoms with E-state index >= 15 is 0 Å². The number of sulfonamides is 1. The van der Waals surface area contributed by atoms with Gasteiger partial charge in [-0.2, -0.15) is 5.10 Å². The Labute approximate surface area is 142 Å². The summed E-state index contributed by atoms with van der Waals surface area (Å²) in [5, 5.41) is 4.21. The summed E-state index contributed by atoms with van der Waals surface area (Å²) in [6.45, 7) is 1.56. The van der Waals surface area contributed by atoms with E-state index in [-0.39, 0.29) is 12.1 Å². The fourth-order valence-electron chi connectivity index (χ4n) is 3.32. The van der Waals surface area contributed by atoms with Gasteiger partial charge in [0.2, 0.25) is 10.0 Å². The molecule has 0 aliphatic carbocycles. The first-order valence-electron chi connectivity index (χ1n) is 7.99. The summed E-state index contributed by atoms with van der Waals surface area (Å²) < 4.78 is 28.0. The summed E-state index contributed by atoms with van der Waals surface area (Å²) in [6, 6.07) is 5.86. The van der Waals surface area contributed by atoms with Crippen LogP contribution in [0.1, 0.15) is 17.7 Å². The predicted molar refractivity (Wildman–Crippen MR) is 91.7 cm³/mol. The Bertz CT molecular complexity index is 775. The third kappa shape index (κ3) is 4.40. The Kier molecular flexibility index (Phi) is 4.98. The third-order valence-electron chi connectivity index (χ3n) is 4.32. The second kappa shape index (κ2) is 7.00. The second-order valence-electron chi connectivity index (χ2n) is 6.37. The van der Waals surface area contributed by atoms with Crippen molar-refractivity contribution in [3.63, 3.8) is 0 Å². The molecule has 0 amide bonds. The molecule has 8 heteroatoms. The Morgan fingerprint density at radius 1 is 1.38 bits per heavy atom. The average Bonchev–Trinajstić information content (AvgIpc) is 3.07. The number of likely N-dealkylation sites (tertiary alicyclic amines) is 1. The fraction of sp³-hybridized carbons (Fsp3) is 0.500. The number of pyridine rings is 1. The summed E-state index contributed by atoms with van der Waals surface area (Å²) >= 11 is 0. The van der Waals surface area contributed by atoms with E-state index in [0.717, 1.165) is 30.6 Å². The van der Waals surface area contributed by atoms with Gasteiger partial charge in [-0.05, 0) is 30.5 Å². The van der Waals surface area contributed by atoms with Gasteiger partial charge in [-0.25, -0.2) is 13.1 Å². The maximum atomic E-state index is 11.7. The molecule has 1 fully saturated rings. The van der Waals surface area contributed by atoms with Crippen molar-refractivity contribution >= 4 is 10.0 Å². The van der Waals surface area contributed by atoms with E-state index in [9.17, 15) is 8.42 Å². The van der Waals surface area contributed by atoms with Crippen molar-refractivity contribution in [1.29, 1.82) is 0 Å². The van der Waals surface area contributed by atoms with E-state index in [1.165, 1.54) is 6.26 Å². The molecule has 2 aromatic heterocycles. The fourth-order valence-corrected chi connectivity index (χ4v) is 4.14. The van der Waals surface area contributed by atoms with Crippen LogP contribution in [0.25, 0.3) is 0 Å². The standard InChI is InChI=1S/C16H23N5O2S/c1-20-11-13(10-18-20)9-16-15(19-24(2,22)23)6-8-21(16)12-14-5-3-4-7-17-14/h3-5,7,10-11,15-16,19H,6,8-9,12H2,1-2H3/t15-,16+/m0/s1. The topological polar surface area (TPSA) is 80.1 Å². The number of nitrogens with one attached hydrogen (secondary N) is 1. The Hall–Kier alpha value is -1.77. The highest BCUT2D eigenvalue weighted by atomic mass is 32.2. The van der Waals surface area contributed by atoms with Crippen LogP contribution in [0, 0.1) is 0 Å². The molecular formula is C16H23N5O2S. The van der Waals surface area contributed by atoms with Crippen molar-refractivity contribution in [2.45, 2.75) is 31.5 Å². The molecule has 0 unspecified atom stereocenters. The van der Waals surface area contributed by atoms with Crippen LogP contribution in [0.15, 0.2) is 36.8 Å². The van der Waals surface area contributed by atoms with Crippen LogP contribution >= 0.6 is 0 Å². The molecule has 1 N–H and O–H groups in total. The van der Waals surface area contributed by atoms with Gasteiger partial charge in [0.15, 0.2) is 0 Å². The zero-order valence-corrected chi connectivity index (χ0v) is 14.8. The predicted octanol–water partition coefficient (Wildman–Crippen LogP) is 0.550. The van der Waals surface area contributed by atoms with Gasteiger partial charge in [0.1, 0.15) is 0 Å². The molecule has 130 valence electrons. The van der Waals surface area contributed by atoms with E-state index in [2.05, 4.69) is 19.7 Å². The van der Waals surface area contributed by atoms with Crippen molar-refractivity contribution in [2.24, 2.45) is 7.05 Å². The molecule has 3 rings (SSSR count). The molecule has 0 saturated carbocycles. The lowest BCUT2D eigenvalue weighted by Gasteiger charge is -2.27. The first-order chi connectivity index (χ1) is 11.4. The van der Waals surface area contributed by atoms with Gasteiger partial charge < -0.3 is 0 Å². The van der Waals surface area contributed by atoms with Gasteiger partial charge >= 0.3 is 0 Å². The smallest absolute Gasteiger partial charge is 0.209 e. The van der Waals surface area contributed by atoms with Crippen LogP contribution in [0.3, 0.4) is 0 Å². The minimum absolute atomic E-state index is 0.0888. The highest BCUT2D eigenvalue weighted by molar-refractivity contribution is 7.88. The highest BCUT2D eigenvalue weighted by Crippen LogP contribution is 2.24. The Balaban J connectivity index is 1.78. The molecular weight excluding hydrogens is 326 g/mol. The van der Waals surface area contributed by atoms with Crippen LogP contribution in [0.4, 0.5) is 0 Å². The van der Waals surface area contributed by atoms with E-state index in [4.69, 9.17) is 0 Å². The molecule has 7 nitrogen and oxygen atoms in total. The molecule has 0 aromatic carbocycles. The van der Waals surface area contributed by atoms with Crippen LogP contribution in [-0.4, -0.2) is 53.0 Å². The number of aromatic nitrogens is 3. The van der Waals surface area contributed by atoms with E-state index in [1.54, 1.807) is 10.9 Å².